The van der Waals surface area contributed by atoms with Gasteiger partial charge in [-0.15, -0.1) is 0 Å². The molecule has 0 spiro atoms. The van der Waals surface area contributed by atoms with Crippen molar-refractivity contribution < 1.29 is 4.79 Å². The van der Waals surface area contributed by atoms with Gasteiger partial charge in [0.2, 0.25) is 5.95 Å². The Bertz CT molecular complexity index is 582. The Hall–Kier alpha value is -1.89. The topological polar surface area (TPSA) is 73.4 Å². The van der Waals surface area contributed by atoms with Crippen molar-refractivity contribution in [3.05, 3.63) is 18.5 Å². The maximum Gasteiger partial charge on any atom is 0.315 e. The molecule has 7 nitrogen and oxygen atoms in total. The second kappa shape index (κ2) is 7.56. The number of fused-ring (bicyclic) bond motifs is 1. The number of aromatic nitrogens is 2. The Morgan fingerprint density at radius 2 is 1.88 bits per heavy atom. The first-order chi connectivity index (χ1) is 12.3. The van der Waals surface area contributed by atoms with Crippen molar-refractivity contribution in [3.63, 3.8) is 0 Å². The van der Waals surface area contributed by atoms with Gasteiger partial charge >= 0.3 is 6.03 Å². The normalized spacial score (nSPS) is 29.9. The quantitative estimate of drug-likeness (QED) is 0.866. The van der Waals surface area contributed by atoms with Crippen LogP contribution in [0.25, 0.3) is 0 Å². The number of hydrogen-bond donors (Lipinski definition) is 2. The Labute approximate surface area is 149 Å². The maximum absolute atomic E-state index is 12.5. The Morgan fingerprint density at radius 1 is 1.00 bits per heavy atom. The van der Waals surface area contributed by atoms with Gasteiger partial charge in [-0.3, -0.25) is 4.90 Å². The van der Waals surface area contributed by atoms with E-state index in [1.54, 1.807) is 12.4 Å². The molecule has 3 aliphatic rings. The number of amides is 2. The van der Waals surface area contributed by atoms with Gasteiger partial charge in [0.15, 0.2) is 0 Å². The lowest BCUT2D eigenvalue weighted by atomic mass is 9.99. The molecule has 4 heterocycles. The van der Waals surface area contributed by atoms with E-state index in [0.717, 1.165) is 44.8 Å². The van der Waals surface area contributed by atoms with E-state index in [9.17, 15) is 4.79 Å². The summed E-state index contributed by atoms with van der Waals surface area (Å²) in [4.78, 5) is 25.8. The summed E-state index contributed by atoms with van der Waals surface area (Å²) in [5.41, 5.74) is 0. The summed E-state index contributed by atoms with van der Waals surface area (Å²) in [7, 11) is 0. The molecule has 1 aromatic rings. The van der Waals surface area contributed by atoms with Crippen LogP contribution in [0, 0.1) is 0 Å². The van der Waals surface area contributed by atoms with Gasteiger partial charge in [0.25, 0.3) is 0 Å². The summed E-state index contributed by atoms with van der Waals surface area (Å²) < 4.78 is 0. The van der Waals surface area contributed by atoms with Gasteiger partial charge in [-0.25, -0.2) is 14.8 Å². The number of nitrogens with one attached hydrogen (secondary N) is 2. The molecular formula is C18H28N6O. The molecule has 2 N–H and O–H groups in total. The van der Waals surface area contributed by atoms with E-state index in [4.69, 9.17) is 0 Å². The SMILES string of the molecule is O=C(N[C@@H]1CCCN(c2ncccn2)C1)N[C@@H]1CCN2CCCC[C@@H]12. The van der Waals surface area contributed by atoms with Crippen LogP contribution in [-0.4, -0.2) is 65.2 Å². The number of urea groups is 1. The van der Waals surface area contributed by atoms with Crippen LogP contribution in [-0.2, 0) is 0 Å². The minimum atomic E-state index is -0.0155. The van der Waals surface area contributed by atoms with Crippen molar-refractivity contribution >= 4 is 12.0 Å². The lowest BCUT2D eigenvalue weighted by Gasteiger charge is -2.34. The number of rotatable bonds is 3. The molecule has 3 aliphatic heterocycles. The van der Waals surface area contributed by atoms with Gasteiger partial charge in [0.1, 0.15) is 0 Å². The van der Waals surface area contributed by atoms with Crippen LogP contribution in [0.5, 0.6) is 0 Å². The van der Waals surface area contributed by atoms with E-state index in [1.165, 1.54) is 25.8 Å². The van der Waals surface area contributed by atoms with Crippen molar-refractivity contribution in [2.75, 3.05) is 31.1 Å². The van der Waals surface area contributed by atoms with Crippen LogP contribution in [0.2, 0.25) is 0 Å². The largest absolute Gasteiger partial charge is 0.339 e. The third-order valence-electron chi connectivity index (χ3n) is 5.76. The average molecular weight is 344 g/mol. The number of carbonyl (C=O) groups is 1. The van der Waals surface area contributed by atoms with Crippen molar-refractivity contribution in [1.82, 2.24) is 25.5 Å². The summed E-state index contributed by atoms with van der Waals surface area (Å²) in [5, 5.41) is 6.41. The highest BCUT2D eigenvalue weighted by atomic mass is 16.2. The van der Waals surface area contributed by atoms with Crippen molar-refractivity contribution in [2.45, 2.75) is 56.7 Å². The Balaban J connectivity index is 1.29. The predicted octanol–water partition coefficient (Wildman–Crippen LogP) is 1.37. The van der Waals surface area contributed by atoms with Gasteiger partial charge in [0.05, 0.1) is 0 Å². The third kappa shape index (κ3) is 3.86. The van der Waals surface area contributed by atoms with Crippen LogP contribution >= 0.6 is 0 Å². The molecule has 1 aromatic heterocycles. The molecule has 3 saturated heterocycles. The molecule has 3 fully saturated rings. The Morgan fingerprint density at radius 3 is 2.76 bits per heavy atom. The van der Waals surface area contributed by atoms with Gasteiger partial charge in [-0.1, -0.05) is 6.42 Å². The summed E-state index contributed by atoms with van der Waals surface area (Å²) in [5.74, 6) is 0.753. The fraction of sp³-hybridized carbons (Fsp3) is 0.722. The number of anilines is 1. The highest BCUT2D eigenvalue weighted by Crippen LogP contribution is 2.27. The highest BCUT2D eigenvalue weighted by molar-refractivity contribution is 5.74. The van der Waals surface area contributed by atoms with Gasteiger partial charge < -0.3 is 15.5 Å². The summed E-state index contributed by atoms with van der Waals surface area (Å²) in [6.45, 7) is 4.04. The van der Waals surface area contributed by atoms with E-state index >= 15 is 0 Å². The first-order valence-electron chi connectivity index (χ1n) is 9.62. The number of nitrogens with zero attached hydrogens (tertiary/aromatic N) is 4. The molecule has 0 aromatic carbocycles. The van der Waals surface area contributed by atoms with E-state index in [0.29, 0.717) is 12.1 Å². The lowest BCUT2D eigenvalue weighted by Crippen LogP contribution is -2.54. The molecule has 2 amide bonds. The molecule has 0 aliphatic carbocycles. The van der Waals surface area contributed by atoms with Crippen LogP contribution in [0.15, 0.2) is 18.5 Å². The van der Waals surface area contributed by atoms with Gasteiger partial charge in [0, 0.05) is 50.2 Å². The zero-order valence-corrected chi connectivity index (χ0v) is 14.7. The predicted molar refractivity (Wildman–Crippen MR) is 96.6 cm³/mol. The molecule has 0 unspecified atom stereocenters. The highest BCUT2D eigenvalue weighted by Gasteiger charge is 2.36. The molecule has 0 saturated carbocycles. The first-order valence-corrected chi connectivity index (χ1v) is 9.62. The minimum absolute atomic E-state index is 0.0155. The van der Waals surface area contributed by atoms with E-state index in [2.05, 4.69) is 30.4 Å². The molecule has 7 heteroatoms. The van der Waals surface area contributed by atoms with E-state index in [-0.39, 0.29) is 12.1 Å². The summed E-state index contributed by atoms with van der Waals surface area (Å²) in [6.07, 6.45) is 10.5. The Kier molecular flexibility index (Phi) is 5.01. The molecule has 0 radical (unpaired) electrons. The fourth-order valence-electron chi connectivity index (χ4n) is 4.54. The molecule has 25 heavy (non-hydrogen) atoms. The smallest absolute Gasteiger partial charge is 0.315 e. The number of carbonyl (C=O) groups excluding carboxylic acids is 1. The number of hydrogen-bond acceptors (Lipinski definition) is 5. The lowest BCUT2D eigenvalue weighted by molar-refractivity contribution is 0.178. The molecule has 3 atom stereocenters. The zero-order valence-electron chi connectivity index (χ0n) is 14.7. The summed E-state index contributed by atoms with van der Waals surface area (Å²) in [6, 6.07) is 2.81. The van der Waals surface area contributed by atoms with Crippen molar-refractivity contribution in [1.29, 1.82) is 0 Å². The minimum Gasteiger partial charge on any atom is -0.339 e. The van der Waals surface area contributed by atoms with Gasteiger partial charge in [-0.05, 0) is 44.7 Å². The molecule has 0 bridgehead atoms. The third-order valence-corrected chi connectivity index (χ3v) is 5.76. The second-order valence-corrected chi connectivity index (χ2v) is 7.45. The first kappa shape index (κ1) is 16.6. The number of piperidine rings is 2. The molecule has 136 valence electrons. The average Bonchev–Trinajstić information content (AvgIpc) is 3.06. The monoisotopic (exact) mass is 344 g/mol. The van der Waals surface area contributed by atoms with Crippen LogP contribution in [0.3, 0.4) is 0 Å². The van der Waals surface area contributed by atoms with Crippen LogP contribution < -0.4 is 15.5 Å². The zero-order chi connectivity index (χ0) is 17.1. The van der Waals surface area contributed by atoms with Crippen molar-refractivity contribution in [3.8, 4) is 0 Å². The standard InChI is InChI=1S/C18H28N6O/c25-18(22-15-7-12-23-10-2-1-6-16(15)23)21-14-5-3-11-24(13-14)17-19-8-4-9-20-17/h4,8-9,14-16H,1-3,5-7,10-13H2,(H2,21,22,25)/t14-,15-,16+/m1/s1. The molecule has 4 rings (SSSR count). The maximum atomic E-state index is 12.5. The summed E-state index contributed by atoms with van der Waals surface area (Å²) >= 11 is 0. The van der Waals surface area contributed by atoms with Crippen LogP contribution in [0.1, 0.15) is 38.5 Å². The fourth-order valence-corrected chi connectivity index (χ4v) is 4.54. The second-order valence-electron chi connectivity index (χ2n) is 7.45. The van der Waals surface area contributed by atoms with Gasteiger partial charge in [-0.2, -0.15) is 0 Å². The van der Waals surface area contributed by atoms with Crippen molar-refractivity contribution in [2.24, 2.45) is 0 Å². The molecular weight excluding hydrogens is 316 g/mol. The van der Waals surface area contributed by atoms with E-state index in [1.807, 2.05) is 6.07 Å². The van der Waals surface area contributed by atoms with E-state index < -0.39 is 0 Å². The van der Waals surface area contributed by atoms with Crippen LogP contribution in [0.4, 0.5) is 10.7 Å².